The van der Waals surface area contributed by atoms with Crippen LogP contribution in [0.5, 0.6) is 0 Å². The highest BCUT2D eigenvalue weighted by Crippen LogP contribution is 2.47. The highest BCUT2D eigenvalue weighted by atomic mass is 31.1. The Morgan fingerprint density at radius 3 is 1.62 bits per heavy atom. The van der Waals surface area contributed by atoms with Gasteiger partial charge >= 0.3 is 0 Å². The zero-order valence-corrected chi connectivity index (χ0v) is 11.8. The average molecular weight is 220 g/mol. The molecule has 0 fully saturated rings. The van der Waals surface area contributed by atoms with Crippen LogP contribution in [0.4, 0.5) is 0 Å². The van der Waals surface area contributed by atoms with Gasteiger partial charge in [-0.05, 0) is 36.5 Å². The minimum absolute atomic E-state index is 0.355. The molecule has 13 heavy (non-hydrogen) atoms. The van der Waals surface area contributed by atoms with Gasteiger partial charge in [0.2, 0.25) is 0 Å². The van der Waals surface area contributed by atoms with E-state index in [4.69, 9.17) is 0 Å². The van der Waals surface area contributed by atoms with Crippen LogP contribution in [0.3, 0.4) is 0 Å². The molecule has 0 N–H and O–H groups in total. The number of hydrogen-bond donors (Lipinski definition) is 0. The summed E-state index contributed by atoms with van der Waals surface area (Å²) in [4.78, 5) is 0. The summed E-state index contributed by atoms with van der Waals surface area (Å²) in [6.07, 6.45) is 7.28. The molecule has 0 aromatic carbocycles. The van der Waals surface area contributed by atoms with Crippen LogP contribution < -0.4 is 0 Å². The predicted molar refractivity (Wildman–Crippen MR) is 70.3 cm³/mol. The van der Waals surface area contributed by atoms with Crippen molar-refractivity contribution in [3.8, 4) is 0 Å². The van der Waals surface area contributed by atoms with Crippen LogP contribution in [0.1, 0.15) is 34.6 Å². The summed E-state index contributed by atoms with van der Waals surface area (Å²) in [5.41, 5.74) is 1.02. The molecule has 0 aromatic heterocycles. The van der Waals surface area contributed by atoms with E-state index in [0.29, 0.717) is 15.8 Å². The first-order chi connectivity index (χ1) is 6.19. The van der Waals surface area contributed by atoms with Gasteiger partial charge in [-0.15, -0.1) is 15.8 Å². The fraction of sp³-hybridized carbons (Fsp3) is 1.00. The molecule has 0 saturated heterocycles. The minimum Gasteiger partial charge on any atom is -0.107 e. The number of rotatable bonds is 7. The summed E-state index contributed by atoms with van der Waals surface area (Å²) < 4.78 is 0. The van der Waals surface area contributed by atoms with Gasteiger partial charge < -0.3 is 0 Å². The van der Waals surface area contributed by atoms with E-state index in [1.54, 1.807) is 0 Å². The summed E-state index contributed by atoms with van der Waals surface area (Å²) in [5, 5.41) is 0. The van der Waals surface area contributed by atoms with E-state index in [2.05, 4.69) is 34.6 Å². The molecule has 0 spiro atoms. The van der Waals surface area contributed by atoms with E-state index < -0.39 is 0 Å². The third-order valence-electron chi connectivity index (χ3n) is 2.85. The second kappa shape index (κ2) is 8.19. The van der Waals surface area contributed by atoms with E-state index in [1.807, 2.05) is 0 Å². The number of hydrogen-bond acceptors (Lipinski definition) is 0. The van der Waals surface area contributed by atoms with Crippen LogP contribution in [0.25, 0.3) is 0 Å². The third-order valence-corrected chi connectivity index (χ3v) is 9.05. The second-order valence-corrected chi connectivity index (χ2v) is 9.85. The van der Waals surface area contributed by atoms with Crippen LogP contribution in [0.2, 0.25) is 0 Å². The third kappa shape index (κ3) is 5.34. The van der Waals surface area contributed by atoms with Gasteiger partial charge in [-0.3, -0.25) is 0 Å². The summed E-state index contributed by atoms with van der Waals surface area (Å²) in [6.45, 7) is 11.9. The molecule has 0 bridgehead atoms. The fourth-order valence-corrected chi connectivity index (χ4v) is 6.84. The van der Waals surface area contributed by atoms with E-state index in [9.17, 15) is 0 Å². The maximum Gasteiger partial charge on any atom is -0.0198 e. The zero-order chi connectivity index (χ0) is 10.3. The van der Waals surface area contributed by atoms with Gasteiger partial charge in [0.05, 0.1) is 0 Å². The Morgan fingerprint density at radius 2 is 1.31 bits per heavy atom. The Balaban J connectivity index is 3.87. The molecule has 0 nitrogen and oxygen atoms in total. The molecule has 1 atom stereocenters. The first-order valence-corrected chi connectivity index (χ1v) is 9.33. The normalized spacial score (nSPS) is 14.1. The van der Waals surface area contributed by atoms with Gasteiger partial charge in [-0.25, -0.2) is 0 Å². The Hall–Kier alpha value is 0.860. The topological polar surface area (TPSA) is 0 Å². The summed E-state index contributed by atoms with van der Waals surface area (Å²) >= 11 is 0. The van der Waals surface area contributed by atoms with Crippen molar-refractivity contribution in [2.75, 3.05) is 30.8 Å². The van der Waals surface area contributed by atoms with Crippen LogP contribution in [0, 0.1) is 0 Å². The van der Waals surface area contributed by atoms with Gasteiger partial charge in [-0.1, -0.05) is 34.6 Å². The summed E-state index contributed by atoms with van der Waals surface area (Å²) in [7, 11) is 0.731. The van der Waals surface area contributed by atoms with Crippen LogP contribution in [-0.4, -0.2) is 36.5 Å². The van der Waals surface area contributed by atoms with E-state index in [-0.39, 0.29) is 0 Å². The van der Waals surface area contributed by atoms with Crippen molar-refractivity contribution in [2.45, 2.75) is 40.3 Å². The van der Waals surface area contributed by atoms with E-state index in [0.717, 1.165) is 5.66 Å². The van der Waals surface area contributed by atoms with Gasteiger partial charge in [0, 0.05) is 0 Å². The Kier molecular flexibility index (Phi) is 8.73. The molecule has 0 rings (SSSR count). The van der Waals surface area contributed by atoms with Crippen molar-refractivity contribution in [3.63, 3.8) is 0 Å². The maximum absolute atomic E-state index is 2.49. The average Bonchev–Trinajstić information content (AvgIpc) is 2.16. The van der Waals surface area contributed by atoms with Gasteiger partial charge in [0.15, 0.2) is 0 Å². The van der Waals surface area contributed by atoms with Gasteiger partial charge in [0.25, 0.3) is 0 Å². The van der Waals surface area contributed by atoms with Crippen LogP contribution in [0.15, 0.2) is 0 Å². The van der Waals surface area contributed by atoms with Gasteiger partial charge in [-0.2, -0.15) is 0 Å². The molecule has 0 saturated carbocycles. The van der Waals surface area contributed by atoms with Crippen molar-refractivity contribution in [1.29, 1.82) is 0 Å². The lowest BCUT2D eigenvalue weighted by atomic mass is 10.6. The lowest BCUT2D eigenvalue weighted by Gasteiger charge is -2.26. The molecule has 1 unspecified atom stereocenters. The molecule has 0 aromatic rings. The molecule has 0 radical (unpaired) electrons. The molecule has 0 aliphatic carbocycles. The zero-order valence-electron chi connectivity index (χ0n) is 10.0. The van der Waals surface area contributed by atoms with Crippen molar-refractivity contribution in [3.05, 3.63) is 0 Å². The molecule has 0 amide bonds. The maximum atomic E-state index is 2.49. The predicted octanol–water partition coefficient (Wildman–Crippen LogP) is 4.42. The van der Waals surface area contributed by atoms with Crippen molar-refractivity contribution in [2.24, 2.45) is 0 Å². The highest BCUT2D eigenvalue weighted by molar-refractivity contribution is 7.62. The standard InChI is InChI=1S/C11H26P2/c1-6-12(7-2)10-11(5)13(8-3)9-4/h11H,6-10H2,1-5H3. The summed E-state index contributed by atoms with van der Waals surface area (Å²) in [5.74, 6) is 0. The molecule has 0 aliphatic rings. The smallest absolute Gasteiger partial charge is 0.0198 e. The Morgan fingerprint density at radius 1 is 0.846 bits per heavy atom. The fourth-order valence-electron chi connectivity index (χ4n) is 1.82. The SMILES string of the molecule is CCP(CC)CC(C)P(CC)CC. The van der Waals surface area contributed by atoms with Gasteiger partial charge in [0.1, 0.15) is 0 Å². The quantitative estimate of drug-likeness (QED) is 0.557. The molecule has 2 heteroatoms. The lowest BCUT2D eigenvalue weighted by molar-refractivity contribution is 1.07. The van der Waals surface area contributed by atoms with Crippen molar-refractivity contribution >= 4 is 15.8 Å². The van der Waals surface area contributed by atoms with Crippen molar-refractivity contribution in [1.82, 2.24) is 0 Å². The molecule has 0 aliphatic heterocycles. The molecule has 80 valence electrons. The van der Waals surface area contributed by atoms with Crippen molar-refractivity contribution < 1.29 is 0 Å². The first-order valence-electron chi connectivity index (χ1n) is 5.65. The monoisotopic (exact) mass is 220 g/mol. The Labute approximate surface area is 87.4 Å². The first kappa shape index (κ1) is 13.9. The largest absolute Gasteiger partial charge is 0.107 e. The van der Waals surface area contributed by atoms with Crippen LogP contribution >= 0.6 is 15.8 Å². The molecular formula is C11H26P2. The van der Waals surface area contributed by atoms with E-state index >= 15 is 0 Å². The molecular weight excluding hydrogens is 194 g/mol. The lowest BCUT2D eigenvalue weighted by Crippen LogP contribution is -2.09. The highest BCUT2D eigenvalue weighted by Gasteiger charge is 2.15. The molecule has 0 heterocycles. The summed E-state index contributed by atoms with van der Waals surface area (Å²) in [6, 6.07) is 0. The van der Waals surface area contributed by atoms with Crippen LogP contribution in [-0.2, 0) is 0 Å². The second-order valence-electron chi connectivity index (χ2n) is 3.56. The minimum atomic E-state index is 0.355. The van der Waals surface area contributed by atoms with E-state index in [1.165, 1.54) is 30.8 Å². The Bertz CT molecular complexity index is 107.